The summed E-state index contributed by atoms with van der Waals surface area (Å²) in [5.41, 5.74) is 4.47. The van der Waals surface area contributed by atoms with E-state index in [0.29, 0.717) is 31.9 Å². The maximum absolute atomic E-state index is 13.8. The molecule has 6 rings (SSSR count). The Hall–Kier alpha value is -3.72. The van der Waals surface area contributed by atoms with Crippen LogP contribution in [0, 0.1) is 10.1 Å². The zero-order valence-electron chi connectivity index (χ0n) is 19.0. The number of hydrogen-bond acceptors (Lipinski definition) is 6. The maximum Gasteiger partial charge on any atom is 0.271 e. The lowest BCUT2D eigenvalue weighted by Gasteiger charge is -2.30. The summed E-state index contributed by atoms with van der Waals surface area (Å²) < 4.78 is 1.92. The van der Waals surface area contributed by atoms with Crippen LogP contribution in [0.4, 0.5) is 5.69 Å². The fraction of sp³-hybridized carbons (Fsp3) is 0.111. The van der Waals surface area contributed by atoms with Gasteiger partial charge in [0.25, 0.3) is 11.2 Å². The van der Waals surface area contributed by atoms with E-state index in [1.807, 2.05) is 18.2 Å². The van der Waals surface area contributed by atoms with Gasteiger partial charge in [0.1, 0.15) is 5.75 Å². The number of thiazole rings is 1. The molecule has 1 aromatic heterocycles. The van der Waals surface area contributed by atoms with E-state index in [-0.39, 0.29) is 22.0 Å². The van der Waals surface area contributed by atoms with Crippen molar-refractivity contribution in [2.45, 2.75) is 18.9 Å². The fourth-order valence-electron chi connectivity index (χ4n) is 4.97. The Morgan fingerprint density at radius 2 is 1.92 bits per heavy atom. The van der Waals surface area contributed by atoms with Crippen molar-refractivity contribution in [2.75, 3.05) is 0 Å². The molecule has 37 heavy (non-hydrogen) atoms. The van der Waals surface area contributed by atoms with Gasteiger partial charge in [-0.05, 0) is 47.8 Å². The van der Waals surface area contributed by atoms with Gasteiger partial charge in [-0.2, -0.15) is 0 Å². The van der Waals surface area contributed by atoms with Crippen molar-refractivity contribution < 1.29 is 10.0 Å². The van der Waals surface area contributed by atoms with Crippen molar-refractivity contribution in [3.8, 4) is 5.75 Å². The van der Waals surface area contributed by atoms with Gasteiger partial charge in [0.05, 0.1) is 26.2 Å². The molecule has 184 valence electrons. The second-order valence-electron chi connectivity index (χ2n) is 8.79. The monoisotopic (exact) mass is 549 g/mol. The Balaban J connectivity index is 1.64. The van der Waals surface area contributed by atoms with Gasteiger partial charge in [-0.1, -0.05) is 70.9 Å². The average molecular weight is 550 g/mol. The highest BCUT2D eigenvalue weighted by Crippen LogP contribution is 2.41. The lowest BCUT2D eigenvalue weighted by molar-refractivity contribution is -0.384. The molecule has 1 atom stereocenters. The molecule has 1 aliphatic carbocycles. The molecule has 3 aromatic carbocycles. The molecule has 1 aliphatic heterocycles. The molecule has 2 heterocycles. The molecule has 0 radical (unpaired) electrons. The Labute approximate surface area is 224 Å². The molecule has 2 aliphatic rings. The van der Waals surface area contributed by atoms with Crippen LogP contribution in [0.25, 0.3) is 11.8 Å². The number of phenolic OH excluding ortho intramolecular Hbond substituents is 1. The van der Waals surface area contributed by atoms with E-state index in [1.54, 1.807) is 22.8 Å². The summed E-state index contributed by atoms with van der Waals surface area (Å²) in [5, 5.41) is 22.4. The maximum atomic E-state index is 13.8. The number of aromatic nitrogens is 1. The van der Waals surface area contributed by atoms with Crippen LogP contribution < -0.4 is 14.9 Å². The molecule has 0 saturated carbocycles. The first-order valence-electron chi connectivity index (χ1n) is 11.4. The SMILES string of the molecule is O=c1/c(=C\c2cc(Cl)cc(Cl)c2O)sc2n1C(c1cccc([N+](=O)[O-])c1)C1=C(N=2)c2ccccc2CC1. The molecular formula is C27H17Cl2N3O4S. The molecule has 4 aromatic rings. The number of benzene rings is 3. The van der Waals surface area contributed by atoms with Crippen LogP contribution in [0.5, 0.6) is 5.75 Å². The van der Waals surface area contributed by atoms with E-state index in [4.69, 9.17) is 28.2 Å². The molecule has 1 N–H and O–H groups in total. The van der Waals surface area contributed by atoms with Crippen LogP contribution in [0.3, 0.4) is 0 Å². The number of non-ortho nitro benzene ring substituents is 1. The summed E-state index contributed by atoms with van der Waals surface area (Å²) >= 11 is 13.4. The number of nitro groups is 1. The van der Waals surface area contributed by atoms with Gasteiger partial charge in [0.15, 0.2) is 4.80 Å². The number of nitrogens with zero attached hydrogens (tertiary/aromatic N) is 3. The first kappa shape index (κ1) is 23.7. The zero-order chi connectivity index (χ0) is 25.8. The molecule has 10 heteroatoms. The highest BCUT2D eigenvalue weighted by Gasteiger charge is 2.33. The second kappa shape index (κ2) is 8.99. The number of aryl methyl sites for hydroxylation is 1. The normalized spacial score (nSPS) is 16.6. The number of aromatic hydroxyl groups is 1. The van der Waals surface area contributed by atoms with Crippen LogP contribution in [0.1, 0.15) is 34.7 Å². The number of rotatable bonds is 3. The molecule has 7 nitrogen and oxygen atoms in total. The van der Waals surface area contributed by atoms with E-state index in [0.717, 1.165) is 23.3 Å². The Morgan fingerprint density at radius 1 is 1.11 bits per heavy atom. The molecular weight excluding hydrogens is 533 g/mol. The predicted molar refractivity (Wildman–Crippen MR) is 144 cm³/mol. The van der Waals surface area contributed by atoms with E-state index < -0.39 is 11.0 Å². The summed E-state index contributed by atoms with van der Waals surface area (Å²) in [6.45, 7) is 0. The summed E-state index contributed by atoms with van der Waals surface area (Å²) in [6, 6.07) is 16.8. The molecule has 0 saturated heterocycles. The van der Waals surface area contributed by atoms with Crippen molar-refractivity contribution in [3.63, 3.8) is 0 Å². The third-order valence-corrected chi connectivity index (χ3v) is 8.10. The van der Waals surface area contributed by atoms with Crippen molar-refractivity contribution in [1.29, 1.82) is 0 Å². The van der Waals surface area contributed by atoms with Gasteiger partial charge in [-0.3, -0.25) is 19.5 Å². The van der Waals surface area contributed by atoms with Gasteiger partial charge in [0, 0.05) is 28.3 Å². The minimum atomic E-state index is -0.557. The first-order valence-corrected chi connectivity index (χ1v) is 12.9. The van der Waals surface area contributed by atoms with Gasteiger partial charge >= 0.3 is 0 Å². The molecule has 1 unspecified atom stereocenters. The number of nitro benzene ring substituents is 1. The van der Waals surface area contributed by atoms with Gasteiger partial charge in [0.2, 0.25) is 0 Å². The lowest BCUT2D eigenvalue weighted by Crippen LogP contribution is -2.38. The standard InChI is InChI=1S/C27H17Cl2N3O4S/c28-17-10-16(25(33)21(29)13-17)12-22-26(34)31-24(15-5-3-6-18(11-15)32(35)36)20-9-8-14-4-1-2-7-19(14)23(20)30-27(31)37-22/h1-7,10-13,24,33H,8-9H2/b22-12+. The molecule has 0 bridgehead atoms. The number of allylic oxidation sites excluding steroid dienone is 1. The summed E-state index contributed by atoms with van der Waals surface area (Å²) in [6.07, 6.45) is 2.98. The van der Waals surface area contributed by atoms with Crippen molar-refractivity contribution in [2.24, 2.45) is 4.99 Å². The number of hydrogen-bond donors (Lipinski definition) is 1. The molecule has 0 spiro atoms. The van der Waals surface area contributed by atoms with E-state index in [2.05, 4.69) is 6.07 Å². The Bertz CT molecular complexity index is 1840. The zero-order valence-corrected chi connectivity index (χ0v) is 21.3. The summed E-state index contributed by atoms with van der Waals surface area (Å²) in [7, 11) is 0. The largest absolute Gasteiger partial charge is 0.506 e. The van der Waals surface area contributed by atoms with Crippen LogP contribution in [0.2, 0.25) is 10.0 Å². The number of halogens is 2. The quantitative estimate of drug-likeness (QED) is 0.279. The first-order chi connectivity index (χ1) is 17.8. The Kier molecular flexibility index (Phi) is 5.75. The van der Waals surface area contributed by atoms with Crippen molar-refractivity contribution >= 4 is 52.0 Å². The number of phenols is 1. The predicted octanol–water partition coefficient (Wildman–Crippen LogP) is 5.24. The lowest BCUT2D eigenvalue weighted by atomic mass is 9.83. The van der Waals surface area contributed by atoms with Gasteiger partial charge in [-0.15, -0.1) is 0 Å². The molecule has 0 amide bonds. The third kappa shape index (κ3) is 3.98. The van der Waals surface area contributed by atoms with Crippen LogP contribution in [-0.2, 0) is 6.42 Å². The van der Waals surface area contributed by atoms with Crippen molar-refractivity contribution in [1.82, 2.24) is 4.57 Å². The third-order valence-electron chi connectivity index (χ3n) is 6.61. The van der Waals surface area contributed by atoms with E-state index in [1.165, 1.54) is 41.2 Å². The Morgan fingerprint density at radius 3 is 2.73 bits per heavy atom. The highest BCUT2D eigenvalue weighted by molar-refractivity contribution is 7.07. The second-order valence-corrected chi connectivity index (χ2v) is 10.6. The number of fused-ring (bicyclic) bond motifs is 3. The molecule has 0 fully saturated rings. The van der Waals surface area contributed by atoms with Crippen LogP contribution in [0.15, 0.2) is 76.0 Å². The highest BCUT2D eigenvalue weighted by atomic mass is 35.5. The summed E-state index contributed by atoms with van der Waals surface area (Å²) in [4.78, 5) is 30.3. The minimum Gasteiger partial charge on any atom is -0.506 e. The van der Waals surface area contributed by atoms with Crippen molar-refractivity contribution in [3.05, 3.63) is 128 Å². The summed E-state index contributed by atoms with van der Waals surface area (Å²) in [5.74, 6) is -0.180. The topological polar surface area (TPSA) is 97.7 Å². The smallest absolute Gasteiger partial charge is 0.271 e. The average Bonchev–Trinajstić information content (AvgIpc) is 3.20. The van der Waals surface area contributed by atoms with Gasteiger partial charge in [-0.25, -0.2) is 4.99 Å². The van der Waals surface area contributed by atoms with Gasteiger partial charge < -0.3 is 5.11 Å². The van der Waals surface area contributed by atoms with Crippen LogP contribution >= 0.6 is 34.5 Å². The van der Waals surface area contributed by atoms with E-state index >= 15 is 0 Å². The minimum absolute atomic E-state index is 0.0477. The fourth-order valence-corrected chi connectivity index (χ4v) is 6.47. The van der Waals surface area contributed by atoms with E-state index in [9.17, 15) is 20.0 Å². The van der Waals surface area contributed by atoms with Crippen LogP contribution in [-0.4, -0.2) is 14.6 Å².